The summed E-state index contributed by atoms with van der Waals surface area (Å²) >= 11 is 0. The van der Waals surface area contributed by atoms with Crippen LogP contribution in [-0.4, -0.2) is 118 Å². The average molecular weight is 1620 g/mol. The molecule has 1 heterocycles. The molecule has 0 unspecified atom stereocenters. The Bertz CT molecular complexity index is 4700. The number of halogens is 1. The van der Waals surface area contributed by atoms with Gasteiger partial charge in [-0.15, -0.1) is 57.4 Å². The molecule has 0 aliphatic heterocycles. The lowest BCUT2D eigenvalue weighted by Crippen LogP contribution is -2.35. The number of azide groups is 1. The second-order valence-electron chi connectivity index (χ2n) is 28.0. The molecule has 1 aromatic heterocycles. The van der Waals surface area contributed by atoms with Gasteiger partial charge in [0.25, 0.3) is 9.05 Å². The number of anilines is 3. The summed E-state index contributed by atoms with van der Waals surface area (Å²) in [4.78, 5) is 9.13. The quantitative estimate of drug-likeness (QED) is 0.00478. The van der Waals surface area contributed by atoms with Crippen molar-refractivity contribution in [3.05, 3.63) is 241 Å². The van der Waals surface area contributed by atoms with Crippen LogP contribution < -0.4 is 29.9 Å². The van der Waals surface area contributed by atoms with Crippen LogP contribution in [0.3, 0.4) is 0 Å². The lowest BCUT2D eigenvalue weighted by Gasteiger charge is -2.33. The summed E-state index contributed by atoms with van der Waals surface area (Å²) in [5, 5.41) is 36.9. The zero-order valence-corrected chi connectivity index (χ0v) is 71.5. The number of azo groups is 3. The molecule has 0 saturated heterocycles. The van der Waals surface area contributed by atoms with Gasteiger partial charge in [-0.25, -0.2) is 30.0 Å². The third-order valence-electron chi connectivity index (χ3n) is 16.0. The predicted octanol–water partition coefficient (Wildman–Crippen LogP) is 20.4. The summed E-state index contributed by atoms with van der Waals surface area (Å²) in [5.41, 5.74) is 28.1. The first kappa shape index (κ1) is 95.2. The van der Waals surface area contributed by atoms with Crippen LogP contribution >= 0.6 is 10.7 Å². The first-order chi connectivity index (χ1) is 52.3. The fourth-order valence-corrected chi connectivity index (χ4v) is 25.8. The van der Waals surface area contributed by atoms with E-state index in [1.807, 2.05) is 130 Å². The molecule has 6 aromatic carbocycles. The summed E-state index contributed by atoms with van der Waals surface area (Å²) in [6.07, 6.45) is 13.4. The lowest BCUT2D eigenvalue weighted by molar-refractivity contribution is 0.574. The average Bonchev–Trinajstić information content (AvgIpc) is 1.68. The highest BCUT2D eigenvalue weighted by Gasteiger charge is 2.34. The van der Waals surface area contributed by atoms with Crippen molar-refractivity contribution < 1.29 is 25.3 Å². The normalized spacial score (nSPS) is 11.4. The van der Waals surface area contributed by atoms with E-state index in [0.717, 1.165) is 83.9 Å². The number of hydrogen-bond acceptors (Lipinski definition) is 19. The molecule has 0 fully saturated rings. The van der Waals surface area contributed by atoms with E-state index in [9.17, 15) is 25.3 Å². The third kappa shape index (κ3) is 37.5. The number of nitrogens with one attached hydrogen (secondary N) is 2. The van der Waals surface area contributed by atoms with E-state index in [4.69, 9.17) is 28.4 Å². The summed E-state index contributed by atoms with van der Waals surface area (Å²) in [5.74, 6) is 4.44. The van der Waals surface area contributed by atoms with E-state index >= 15 is 0 Å². The molecule has 592 valence electrons. The maximum atomic E-state index is 12.9. The van der Waals surface area contributed by atoms with Crippen molar-refractivity contribution in [2.45, 2.75) is 131 Å². The minimum absolute atomic E-state index is 0.0402. The van der Waals surface area contributed by atoms with E-state index in [0.29, 0.717) is 53.8 Å². The maximum absolute atomic E-state index is 12.9. The van der Waals surface area contributed by atoms with Crippen LogP contribution in [0.25, 0.3) is 10.4 Å². The van der Waals surface area contributed by atoms with Crippen molar-refractivity contribution in [3.8, 4) is 24.7 Å². The van der Waals surface area contributed by atoms with Gasteiger partial charge in [-0.2, -0.15) is 35.4 Å². The molecule has 0 spiro atoms. The minimum atomic E-state index is -3.74. The van der Waals surface area contributed by atoms with Gasteiger partial charge in [0.2, 0.25) is 20.0 Å². The fourth-order valence-electron chi connectivity index (χ4n) is 11.8. The van der Waals surface area contributed by atoms with E-state index in [1.54, 1.807) is 47.3 Å². The van der Waals surface area contributed by atoms with Crippen LogP contribution in [0.2, 0.25) is 48.4 Å². The van der Waals surface area contributed by atoms with Gasteiger partial charge in [0.05, 0.1) is 90.3 Å². The highest BCUT2D eigenvalue weighted by atomic mass is 35.7. The Morgan fingerprint density at radius 2 is 0.784 bits per heavy atom. The van der Waals surface area contributed by atoms with Crippen molar-refractivity contribution in [2.24, 2.45) is 41.5 Å². The maximum Gasteiger partial charge on any atom is 0.261 e. The second kappa shape index (κ2) is 47.9. The van der Waals surface area contributed by atoms with Gasteiger partial charge >= 0.3 is 0 Å². The van der Waals surface area contributed by atoms with Gasteiger partial charge in [-0.3, -0.25) is 4.68 Å². The molecule has 7 rings (SSSR count). The number of benzene rings is 6. The van der Waals surface area contributed by atoms with Gasteiger partial charge in [0, 0.05) is 94.2 Å². The third-order valence-corrected chi connectivity index (χ3v) is 31.2. The molecule has 7 aromatic rings. The van der Waals surface area contributed by atoms with Gasteiger partial charge in [-0.05, 0) is 235 Å². The first-order valence-electron chi connectivity index (χ1n) is 35.4. The van der Waals surface area contributed by atoms with Crippen LogP contribution in [-0.2, 0) is 42.2 Å². The molecule has 24 nitrogen and oxygen atoms in total. The molecule has 0 amide bonds. The van der Waals surface area contributed by atoms with Gasteiger partial charge in [-0.1, -0.05) is 74.1 Å². The summed E-state index contributed by atoms with van der Waals surface area (Å²) in [7, 11) is 2.77. The Hall–Kier alpha value is -10.0. The van der Waals surface area contributed by atoms with Crippen molar-refractivity contribution in [1.29, 1.82) is 0 Å². The van der Waals surface area contributed by atoms with Gasteiger partial charge in [0.1, 0.15) is 0 Å². The number of terminal acetylenes is 2. The predicted molar refractivity (Wildman–Crippen MR) is 465 cm³/mol. The van der Waals surface area contributed by atoms with E-state index in [2.05, 4.69) is 160 Å². The summed E-state index contributed by atoms with van der Waals surface area (Å²) in [6.45, 7) is 39.2. The Morgan fingerprint density at radius 3 is 1.05 bits per heavy atom. The molecule has 30 heteroatoms. The number of sulfonamides is 2. The van der Waals surface area contributed by atoms with Gasteiger partial charge in [0.15, 0.2) is 0 Å². The Balaban J connectivity index is 0.000000400. The van der Waals surface area contributed by atoms with Gasteiger partial charge < -0.3 is 20.4 Å². The zero-order chi connectivity index (χ0) is 83.0. The van der Waals surface area contributed by atoms with Crippen LogP contribution in [0, 0.1) is 24.7 Å². The number of aryl methyl sites for hydroxylation is 1. The SMILES string of the molecule is C#CCN.C#CCNS(=O)(=O)c1ccc(N=Nc2ccc(N(C)C)cc2)cc1.C=C(C)C[Si](CCCN=[N+]=[N-])(CC(=C)C)CC(=C)C.C=C(C)C[Si](CCCn1cc(CNS(=O)(=O)c2ccc(N=Nc3ccc(N(C)C)cc3)cc2)nn1)(CC(=C)C)CC(=C)C.CN(C)c1ccc(N=Nc2ccc(S(=O)(=O)Cl)cc2)cc1. The number of nitrogens with zero attached hydrogens (tertiary/aromatic N) is 15. The van der Waals surface area contributed by atoms with E-state index in [1.165, 1.54) is 69.8 Å². The second-order valence-corrected chi connectivity index (χ2v) is 43.2. The lowest BCUT2D eigenvalue weighted by atomic mass is 10.3. The minimum Gasteiger partial charge on any atom is -0.378 e. The van der Waals surface area contributed by atoms with E-state index < -0.39 is 45.2 Å². The topological polar surface area (TPSA) is 316 Å². The zero-order valence-electron chi connectivity index (χ0n) is 66.3. The Kier molecular flexibility index (Phi) is 41.1. The summed E-state index contributed by atoms with van der Waals surface area (Å²) < 4.78 is 78.5. The Morgan fingerprint density at radius 1 is 0.495 bits per heavy atom. The van der Waals surface area contributed by atoms with Crippen molar-refractivity contribution >= 4 is 107 Å². The highest BCUT2D eigenvalue weighted by Crippen LogP contribution is 2.37. The number of aromatic nitrogens is 3. The number of allylic oxidation sites excluding steroid dienone is 6. The molecular weight excluding hydrogens is 1510 g/mol. The Labute approximate surface area is 666 Å². The largest absolute Gasteiger partial charge is 0.378 e. The molecule has 4 N–H and O–H groups in total. The summed E-state index contributed by atoms with van der Waals surface area (Å²) in [6, 6.07) is 49.9. The molecule has 0 aliphatic rings. The molecule has 0 bridgehead atoms. The van der Waals surface area contributed by atoms with Crippen molar-refractivity contribution in [2.75, 3.05) is 76.6 Å². The molecular formula is C81H109ClN18O6S3Si2. The number of nitrogens with two attached hydrogens (primary N) is 1. The number of hydrogen-bond donors (Lipinski definition) is 3. The molecule has 0 aliphatic carbocycles. The molecule has 0 saturated carbocycles. The highest BCUT2D eigenvalue weighted by molar-refractivity contribution is 8.13. The van der Waals surface area contributed by atoms with Crippen LogP contribution in [0.1, 0.15) is 60.1 Å². The molecule has 0 atom stereocenters. The fraction of sp³-hybridized carbons (Fsp3) is 0.333. The standard InChI is InChI=1S/C32H45N7O2SSi.C17H18N4O2S.C15H27N3Si.C14H14ClN3O2S.C3H5N/c1-25(2)22-43(23-26(3)4,24-27(5)6)19-9-18-39-21-30(36-37-39)20-33-42(40,41)32-16-12-29(13-17-32)35-34-28-10-14-31(15-11-28)38(7)8;1-4-13-18-24(22,23)17-11-7-15(8-12-17)20-19-14-5-9-16(10-6-14)21(2)3;1-13(2)10-19(11-14(3)4,12-15(5)6)9-7-8-17-18-16;1-18(2)13-7-3-11(4-8-13)16-17-12-5-9-14(10-6-12)21(15,19)20;1-2-3-4/h10-17,21,33H,1,3,5,9,18-20,22-24H2,2,4,6-8H3;1,5-12,18H,13H2,2-3H3;1,3,5,7-12H2,2,4,6H3;3-10H,1-2H3;1H,3-4H2. The first-order valence-corrected chi connectivity index (χ1v) is 46.4. The van der Waals surface area contributed by atoms with Crippen molar-refractivity contribution in [1.82, 2.24) is 24.4 Å². The van der Waals surface area contributed by atoms with Crippen LogP contribution in [0.15, 0.2) is 275 Å². The number of rotatable bonds is 37. The monoisotopic (exact) mass is 1620 g/mol. The van der Waals surface area contributed by atoms with Crippen LogP contribution in [0.5, 0.6) is 0 Å². The molecule has 111 heavy (non-hydrogen) atoms. The van der Waals surface area contributed by atoms with Crippen molar-refractivity contribution in [3.63, 3.8) is 0 Å². The van der Waals surface area contributed by atoms with E-state index in [-0.39, 0.29) is 27.8 Å². The smallest absolute Gasteiger partial charge is 0.261 e. The van der Waals surface area contributed by atoms with Crippen LogP contribution in [0.4, 0.5) is 51.2 Å². The molecule has 0 radical (unpaired) electrons.